The molecule has 0 spiro atoms. The average molecular weight is 238 g/mol. The first-order chi connectivity index (χ1) is 7.85. The lowest BCUT2D eigenvalue weighted by Crippen LogP contribution is -2.40. The van der Waals surface area contributed by atoms with Crippen molar-refractivity contribution in [1.29, 1.82) is 0 Å². The summed E-state index contributed by atoms with van der Waals surface area (Å²) in [6.45, 7) is 3.69. The highest BCUT2D eigenvalue weighted by Gasteiger charge is 2.18. The summed E-state index contributed by atoms with van der Waals surface area (Å²) in [5, 5.41) is 12.4. The van der Waals surface area contributed by atoms with Crippen molar-refractivity contribution in [3.63, 3.8) is 0 Å². The summed E-state index contributed by atoms with van der Waals surface area (Å²) >= 11 is 0. The van der Waals surface area contributed by atoms with Crippen molar-refractivity contribution in [1.82, 2.24) is 9.88 Å². The first-order valence-electron chi connectivity index (χ1n) is 5.53. The fraction of sp³-hybridized carbons (Fsp3) is 0.500. The van der Waals surface area contributed by atoms with Gasteiger partial charge in [-0.1, -0.05) is 6.92 Å². The first-order valence-corrected chi connectivity index (χ1v) is 5.53. The summed E-state index contributed by atoms with van der Waals surface area (Å²) in [6, 6.07) is 2.81. The molecular formula is C12H18N2O3. The van der Waals surface area contributed by atoms with Crippen LogP contribution in [0.2, 0.25) is 0 Å². The van der Waals surface area contributed by atoms with Crippen LogP contribution in [-0.4, -0.2) is 27.7 Å². The molecule has 1 heterocycles. The number of pyridine rings is 1. The number of amides is 1. The Bertz CT molecular complexity index is 463. The lowest BCUT2D eigenvalue weighted by molar-refractivity contribution is 0.0518. The third kappa shape index (κ3) is 3.71. The van der Waals surface area contributed by atoms with Crippen LogP contribution in [0.15, 0.2) is 23.1 Å². The van der Waals surface area contributed by atoms with E-state index in [1.54, 1.807) is 14.0 Å². The highest BCUT2D eigenvalue weighted by atomic mass is 16.3. The van der Waals surface area contributed by atoms with Crippen molar-refractivity contribution < 1.29 is 9.90 Å². The Morgan fingerprint density at radius 3 is 2.71 bits per heavy atom. The molecule has 0 aliphatic heterocycles. The molecule has 1 amide bonds. The summed E-state index contributed by atoms with van der Waals surface area (Å²) in [5.41, 5.74) is -0.669. The van der Waals surface area contributed by atoms with Gasteiger partial charge >= 0.3 is 0 Å². The number of rotatable bonds is 4. The molecule has 94 valence electrons. The Hall–Kier alpha value is -1.62. The second-order valence-electron chi connectivity index (χ2n) is 4.40. The van der Waals surface area contributed by atoms with Crippen LogP contribution >= 0.6 is 0 Å². The zero-order chi connectivity index (χ0) is 13.1. The largest absolute Gasteiger partial charge is 0.388 e. The molecule has 1 unspecified atom stereocenters. The number of nitrogens with zero attached hydrogens (tertiary/aromatic N) is 1. The number of aromatic nitrogens is 1. The minimum atomic E-state index is -0.906. The number of carbonyl (C=O) groups is 1. The molecule has 1 rings (SSSR count). The van der Waals surface area contributed by atoms with Gasteiger partial charge in [-0.05, 0) is 19.4 Å². The van der Waals surface area contributed by atoms with E-state index in [9.17, 15) is 14.7 Å². The van der Waals surface area contributed by atoms with Crippen molar-refractivity contribution in [3.8, 4) is 0 Å². The van der Waals surface area contributed by atoms with Gasteiger partial charge in [-0.15, -0.1) is 0 Å². The molecule has 0 saturated heterocycles. The molecule has 2 N–H and O–H groups in total. The van der Waals surface area contributed by atoms with Gasteiger partial charge in [-0.25, -0.2) is 0 Å². The smallest absolute Gasteiger partial charge is 0.252 e. The van der Waals surface area contributed by atoms with Crippen LogP contribution in [0.3, 0.4) is 0 Å². The molecular weight excluding hydrogens is 220 g/mol. The molecule has 5 heteroatoms. The maximum atomic E-state index is 11.7. The Morgan fingerprint density at radius 1 is 1.53 bits per heavy atom. The van der Waals surface area contributed by atoms with Crippen molar-refractivity contribution in [3.05, 3.63) is 34.2 Å². The SMILES string of the molecule is CCC(C)(O)CNC(=O)c1ccc(=O)n(C)c1. The highest BCUT2D eigenvalue weighted by molar-refractivity contribution is 5.93. The van der Waals surface area contributed by atoms with E-state index < -0.39 is 5.60 Å². The van der Waals surface area contributed by atoms with Crippen LogP contribution in [-0.2, 0) is 7.05 Å². The lowest BCUT2D eigenvalue weighted by atomic mass is 10.0. The summed E-state index contributed by atoms with van der Waals surface area (Å²) in [5.74, 6) is -0.297. The Morgan fingerprint density at radius 2 is 2.18 bits per heavy atom. The van der Waals surface area contributed by atoms with Crippen molar-refractivity contribution >= 4 is 5.91 Å². The van der Waals surface area contributed by atoms with Crippen LogP contribution in [0, 0.1) is 0 Å². The highest BCUT2D eigenvalue weighted by Crippen LogP contribution is 2.06. The van der Waals surface area contributed by atoms with Crippen LogP contribution in [0.5, 0.6) is 0 Å². The molecule has 0 radical (unpaired) electrons. The van der Waals surface area contributed by atoms with Gasteiger partial charge in [-0.3, -0.25) is 9.59 Å². The quantitative estimate of drug-likeness (QED) is 0.791. The van der Waals surface area contributed by atoms with E-state index in [2.05, 4.69) is 5.32 Å². The number of nitrogens with one attached hydrogen (secondary N) is 1. The fourth-order valence-corrected chi connectivity index (χ4v) is 1.23. The van der Waals surface area contributed by atoms with Gasteiger partial charge in [-0.2, -0.15) is 0 Å². The average Bonchev–Trinajstić information content (AvgIpc) is 2.30. The summed E-state index contributed by atoms with van der Waals surface area (Å²) in [6.07, 6.45) is 2.03. The lowest BCUT2D eigenvalue weighted by Gasteiger charge is -2.21. The van der Waals surface area contributed by atoms with E-state index in [0.29, 0.717) is 12.0 Å². The van der Waals surface area contributed by atoms with E-state index in [-0.39, 0.29) is 18.0 Å². The maximum absolute atomic E-state index is 11.7. The van der Waals surface area contributed by atoms with Crippen LogP contribution in [0.4, 0.5) is 0 Å². The second-order valence-corrected chi connectivity index (χ2v) is 4.40. The minimum Gasteiger partial charge on any atom is -0.388 e. The van der Waals surface area contributed by atoms with Gasteiger partial charge in [0, 0.05) is 25.9 Å². The van der Waals surface area contributed by atoms with Crippen LogP contribution in [0.1, 0.15) is 30.6 Å². The van der Waals surface area contributed by atoms with Gasteiger partial charge in [0.05, 0.1) is 11.2 Å². The van der Waals surface area contributed by atoms with Gasteiger partial charge in [0.15, 0.2) is 0 Å². The van der Waals surface area contributed by atoms with Crippen molar-refractivity contribution in [2.45, 2.75) is 25.9 Å². The van der Waals surface area contributed by atoms with Gasteiger partial charge in [0.2, 0.25) is 5.56 Å². The van der Waals surface area contributed by atoms with Crippen LogP contribution in [0.25, 0.3) is 0 Å². The summed E-state index contributed by atoms with van der Waals surface area (Å²) in [7, 11) is 1.58. The van der Waals surface area contributed by atoms with Crippen molar-refractivity contribution in [2.75, 3.05) is 6.54 Å². The molecule has 1 aromatic rings. The molecule has 1 aromatic heterocycles. The van der Waals surface area contributed by atoms with E-state index in [0.717, 1.165) is 0 Å². The normalized spacial score (nSPS) is 14.1. The minimum absolute atomic E-state index is 0.165. The van der Waals surface area contributed by atoms with Gasteiger partial charge in [0.1, 0.15) is 0 Å². The number of aliphatic hydroxyl groups is 1. The van der Waals surface area contributed by atoms with E-state index in [1.807, 2.05) is 6.92 Å². The molecule has 0 fully saturated rings. The molecule has 0 saturated carbocycles. The number of carbonyl (C=O) groups excluding carboxylic acids is 1. The van der Waals surface area contributed by atoms with E-state index >= 15 is 0 Å². The first kappa shape index (κ1) is 13.4. The van der Waals surface area contributed by atoms with Crippen molar-refractivity contribution in [2.24, 2.45) is 7.05 Å². The Labute approximate surface area is 100 Å². The maximum Gasteiger partial charge on any atom is 0.252 e. The molecule has 0 aliphatic carbocycles. The summed E-state index contributed by atoms with van der Waals surface area (Å²) < 4.78 is 1.34. The van der Waals surface area contributed by atoms with Gasteiger partial charge in [0.25, 0.3) is 5.91 Å². The third-order valence-corrected chi connectivity index (χ3v) is 2.74. The standard InChI is InChI=1S/C12H18N2O3/c1-4-12(2,17)8-13-11(16)9-5-6-10(15)14(3)7-9/h5-7,17H,4,8H2,1-3H3,(H,13,16). The molecule has 17 heavy (non-hydrogen) atoms. The molecule has 5 nitrogen and oxygen atoms in total. The molecule has 0 aliphatic rings. The second kappa shape index (κ2) is 5.14. The van der Waals surface area contributed by atoms with E-state index in [1.165, 1.54) is 22.9 Å². The van der Waals surface area contributed by atoms with Crippen LogP contribution < -0.4 is 10.9 Å². The predicted octanol–water partition coefficient (Wildman–Crippen LogP) is 0.276. The number of aryl methyl sites for hydroxylation is 1. The number of hydrogen-bond donors (Lipinski definition) is 2. The molecule has 1 atom stereocenters. The van der Waals surface area contributed by atoms with E-state index in [4.69, 9.17) is 0 Å². The predicted molar refractivity (Wildman–Crippen MR) is 64.9 cm³/mol. The Kier molecular flexibility index (Phi) is 4.07. The number of hydrogen-bond acceptors (Lipinski definition) is 3. The van der Waals surface area contributed by atoms with Gasteiger partial charge < -0.3 is 15.0 Å². The zero-order valence-corrected chi connectivity index (χ0v) is 10.4. The Balaban J connectivity index is 2.71. The molecule has 0 aromatic carbocycles. The monoisotopic (exact) mass is 238 g/mol. The molecule has 0 bridgehead atoms. The fourth-order valence-electron chi connectivity index (χ4n) is 1.23. The topological polar surface area (TPSA) is 71.3 Å². The summed E-state index contributed by atoms with van der Waals surface area (Å²) in [4.78, 5) is 22.9. The zero-order valence-electron chi connectivity index (χ0n) is 10.4. The third-order valence-electron chi connectivity index (χ3n) is 2.74.